The number of hydrogen-bond donors (Lipinski definition) is 2. The summed E-state index contributed by atoms with van der Waals surface area (Å²) in [5.74, 6) is 0.548. The molecule has 1 aliphatic rings. The van der Waals surface area contributed by atoms with Crippen LogP contribution in [0.4, 0.5) is 17.3 Å². The van der Waals surface area contributed by atoms with Gasteiger partial charge in [0.2, 0.25) is 17.8 Å². The molecule has 8 heteroatoms. The number of aryl methyl sites for hydroxylation is 1. The van der Waals surface area contributed by atoms with Crippen LogP contribution in [0.2, 0.25) is 0 Å². The molecule has 1 aliphatic heterocycles. The van der Waals surface area contributed by atoms with E-state index in [1.807, 2.05) is 12.3 Å². The van der Waals surface area contributed by atoms with Crippen LogP contribution in [0.1, 0.15) is 32.4 Å². The number of aromatic nitrogens is 4. The van der Waals surface area contributed by atoms with Gasteiger partial charge in [0, 0.05) is 18.0 Å². The number of anilines is 3. The molecule has 0 spiro atoms. The summed E-state index contributed by atoms with van der Waals surface area (Å²) < 4.78 is 1.77. The molecule has 2 aromatic heterocycles. The van der Waals surface area contributed by atoms with Gasteiger partial charge in [-0.2, -0.15) is 4.98 Å². The lowest BCUT2D eigenvalue weighted by Gasteiger charge is -2.15. The minimum absolute atomic E-state index is 0.160. The highest BCUT2D eigenvalue weighted by molar-refractivity contribution is 6.20. The van der Waals surface area contributed by atoms with Crippen LogP contribution in [0.15, 0.2) is 30.5 Å². The number of amides is 2. The van der Waals surface area contributed by atoms with Crippen molar-refractivity contribution in [3.8, 4) is 0 Å². The van der Waals surface area contributed by atoms with Crippen LogP contribution in [0.3, 0.4) is 0 Å². The number of aromatic amines is 1. The quantitative estimate of drug-likeness (QED) is 0.688. The van der Waals surface area contributed by atoms with E-state index in [4.69, 9.17) is 0 Å². The lowest BCUT2D eigenvalue weighted by atomic mass is 10.1. The Morgan fingerprint density at radius 1 is 1.31 bits per heavy atom. The molecular weight excluding hydrogens is 332 g/mol. The Bertz CT molecular complexity index is 957. The second-order valence-electron chi connectivity index (χ2n) is 6.57. The molecule has 1 aromatic carbocycles. The van der Waals surface area contributed by atoms with Gasteiger partial charge in [-0.15, -0.1) is 0 Å². The lowest BCUT2D eigenvalue weighted by molar-refractivity contribution is -0.122. The summed E-state index contributed by atoms with van der Waals surface area (Å²) in [6.07, 6.45) is 4.13. The molecule has 3 heterocycles. The first-order chi connectivity index (χ1) is 12.5. The monoisotopic (exact) mass is 352 g/mol. The van der Waals surface area contributed by atoms with Gasteiger partial charge in [0.05, 0.1) is 17.6 Å². The molecule has 26 heavy (non-hydrogen) atoms. The zero-order chi connectivity index (χ0) is 18.3. The SMILES string of the molecule is CCCc1cn2[nH]c(Nc3cccc(N4C(=O)CC(C)C4=O)c3)nc2n1. The maximum Gasteiger partial charge on any atom is 0.252 e. The molecule has 2 N–H and O–H groups in total. The number of nitrogens with zero attached hydrogens (tertiary/aromatic N) is 4. The predicted molar refractivity (Wildman–Crippen MR) is 97.3 cm³/mol. The minimum Gasteiger partial charge on any atom is -0.324 e. The highest BCUT2D eigenvalue weighted by atomic mass is 16.2. The minimum atomic E-state index is -0.269. The van der Waals surface area contributed by atoms with E-state index in [9.17, 15) is 9.59 Å². The van der Waals surface area contributed by atoms with Crippen molar-refractivity contribution in [3.05, 3.63) is 36.2 Å². The Morgan fingerprint density at radius 3 is 2.85 bits per heavy atom. The molecule has 4 rings (SSSR count). The predicted octanol–water partition coefficient (Wildman–Crippen LogP) is 2.65. The fraction of sp³-hybridized carbons (Fsp3) is 0.333. The fourth-order valence-electron chi connectivity index (χ4n) is 3.17. The Balaban J connectivity index is 1.56. The number of carbonyl (C=O) groups is 2. The van der Waals surface area contributed by atoms with E-state index in [-0.39, 0.29) is 24.2 Å². The molecule has 1 saturated heterocycles. The number of fused-ring (bicyclic) bond motifs is 1. The second-order valence-corrected chi connectivity index (χ2v) is 6.57. The van der Waals surface area contributed by atoms with Gasteiger partial charge in [0.15, 0.2) is 0 Å². The Labute approximate surface area is 150 Å². The van der Waals surface area contributed by atoms with Crippen molar-refractivity contribution < 1.29 is 9.59 Å². The number of H-pyrrole nitrogens is 1. The zero-order valence-corrected chi connectivity index (χ0v) is 14.7. The van der Waals surface area contributed by atoms with Gasteiger partial charge in [0.1, 0.15) is 0 Å². The summed E-state index contributed by atoms with van der Waals surface area (Å²) in [7, 11) is 0. The molecule has 2 amide bonds. The summed E-state index contributed by atoms with van der Waals surface area (Å²) in [5.41, 5.74) is 2.30. The molecular formula is C18H20N6O2. The van der Waals surface area contributed by atoms with Crippen molar-refractivity contribution in [1.29, 1.82) is 0 Å². The normalized spacial score (nSPS) is 17.5. The van der Waals surface area contributed by atoms with Crippen LogP contribution in [-0.4, -0.2) is 31.4 Å². The Morgan fingerprint density at radius 2 is 2.15 bits per heavy atom. The van der Waals surface area contributed by atoms with Crippen LogP contribution in [0.25, 0.3) is 5.78 Å². The van der Waals surface area contributed by atoms with Crippen molar-refractivity contribution in [2.24, 2.45) is 5.92 Å². The van der Waals surface area contributed by atoms with Gasteiger partial charge in [0.25, 0.3) is 5.78 Å². The van der Waals surface area contributed by atoms with Crippen LogP contribution >= 0.6 is 0 Å². The van der Waals surface area contributed by atoms with Crippen molar-refractivity contribution in [1.82, 2.24) is 19.6 Å². The molecule has 134 valence electrons. The van der Waals surface area contributed by atoms with Crippen molar-refractivity contribution in [2.45, 2.75) is 33.1 Å². The van der Waals surface area contributed by atoms with E-state index in [0.717, 1.165) is 24.2 Å². The molecule has 1 unspecified atom stereocenters. The van der Waals surface area contributed by atoms with E-state index in [0.29, 0.717) is 17.4 Å². The third-order valence-corrected chi connectivity index (χ3v) is 4.42. The summed E-state index contributed by atoms with van der Waals surface area (Å²) >= 11 is 0. The third-order valence-electron chi connectivity index (χ3n) is 4.42. The molecule has 1 fully saturated rings. The first-order valence-electron chi connectivity index (χ1n) is 8.73. The summed E-state index contributed by atoms with van der Waals surface area (Å²) in [6.45, 7) is 3.88. The van der Waals surface area contributed by atoms with Crippen molar-refractivity contribution >= 4 is 34.9 Å². The Kier molecular flexibility index (Phi) is 3.95. The van der Waals surface area contributed by atoms with Gasteiger partial charge in [-0.3, -0.25) is 19.6 Å². The zero-order valence-electron chi connectivity index (χ0n) is 14.7. The van der Waals surface area contributed by atoms with Gasteiger partial charge in [-0.1, -0.05) is 26.3 Å². The summed E-state index contributed by atoms with van der Waals surface area (Å²) in [4.78, 5) is 34.4. The lowest BCUT2D eigenvalue weighted by Crippen LogP contribution is -2.29. The standard InChI is InChI=1S/C18H20N6O2/c1-3-5-13-10-23-18(20-13)21-17(22-23)19-12-6-4-7-14(9-12)24-15(25)8-11(2)16(24)26/h4,6-7,9-11H,3,5,8H2,1-2H3,(H2,19,20,21,22). The molecule has 0 bridgehead atoms. The van der Waals surface area contributed by atoms with Gasteiger partial charge in [-0.25, -0.2) is 9.50 Å². The number of nitrogens with one attached hydrogen (secondary N) is 2. The van der Waals surface area contributed by atoms with Crippen LogP contribution in [0.5, 0.6) is 0 Å². The first kappa shape index (κ1) is 16.3. The van der Waals surface area contributed by atoms with Crippen LogP contribution < -0.4 is 10.2 Å². The first-order valence-corrected chi connectivity index (χ1v) is 8.73. The highest BCUT2D eigenvalue weighted by Crippen LogP contribution is 2.28. The van der Waals surface area contributed by atoms with E-state index in [2.05, 4.69) is 27.3 Å². The maximum atomic E-state index is 12.2. The summed E-state index contributed by atoms with van der Waals surface area (Å²) in [5, 5.41) is 6.28. The van der Waals surface area contributed by atoms with Crippen LogP contribution in [-0.2, 0) is 16.0 Å². The smallest absolute Gasteiger partial charge is 0.252 e. The number of imidazole rings is 1. The summed E-state index contributed by atoms with van der Waals surface area (Å²) in [6, 6.07) is 7.17. The number of carbonyl (C=O) groups excluding carboxylic acids is 2. The maximum absolute atomic E-state index is 12.2. The molecule has 3 aromatic rings. The highest BCUT2D eigenvalue weighted by Gasteiger charge is 2.36. The largest absolute Gasteiger partial charge is 0.324 e. The van der Waals surface area contributed by atoms with E-state index < -0.39 is 0 Å². The number of benzene rings is 1. The molecule has 8 nitrogen and oxygen atoms in total. The molecule has 0 aliphatic carbocycles. The number of rotatable bonds is 5. The average Bonchev–Trinajstić information content (AvgIpc) is 3.20. The number of hydrogen-bond acceptors (Lipinski definition) is 5. The van der Waals surface area contributed by atoms with E-state index in [1.54, 1.807) is 29.6 Å². The molecule has 0 radical (unpaired) electrons. The van der Waals surface area contributed by atoms with Gasteiger partial charge < -0.3 is 5.32 Å². The fourth-order valence-corrected chi connectivity index (χ4v) is 3.17. The molecule has 0 saturated carbocycles. The number of imide groups is 1. The Hall–Kier alpha value is -3.16. The van der Waals surface area contributed by atoms with Crippen molar-refractivity contribution in [2.75, 3.05) is 10.2 Å². The van der Waals surface area contributed by atoms with Gasteiger partial charge in [-0.05, 0) is 24.6 Å². The van der Waals surface area contributed by atoms with Crippen LogP contribution in [0, 0.1) is 5.92 Å². The van der Waals surface area contributed by atoms with E-state index in [1.165, 1.54) is 4.90 Å². The third kappa shape index (κ3) is 2.83. The topological polar surface area (TPSA) is 95.4 Å². The van der Waals surface area contributed by atoms with Crippen molar-refractivity contribution in [3.63, 3.8) is 0 Å². The second kappa shape index (κ2) is 6.29. The molecule has 1 atom stereocenters. The van der Waals surface area contributed by atoms with Gasteiger partial charge >= 0.3 is 0 Å². The van der Waals surface area contributed by atoms with E-state index >= 15 is 0 Å². The average molecular weight is 352 g/mol.